The van der Waals surface area contributed by atoms with Crippen molar-refractivity contribution in [1.82, 2.24) is 0 Å². The topological polar surface area (TPSA) is 63.6 Å². The zero-order chi connectivity index (χ0) is 9.28. The van der Waals surface area contributed by atoms with Gasteiger partial charge in [-0.1, -0.05) is 20.8 Å². The van der Waals surface area contributed by atoms with Crippen molar-refractivity contribution in [3.63, 3.8) is 0 Å². The molecule has 0 rings (SSSR count). The predicted octanol–water partition coefficient (Wildman–Crippen LogP) is 1.24. The quantitative estimate of drug-likeness (QED) is 0.652. The van der Waals surface area contributed by atoms with Crippen molar-refractivity contribution in [2.45, 2.75) is 33.8 Å². The van der Waals surface area contributed by atoms with Crippen LogP contribution in [0.4, 0.5) is 0 Å². The fourth-order valence-electron chi connectivity index (χ4n) is 0.327. The third-order valence-corrected chi connectivity index (χ3v) is 2.02. The molecule has 0 fully saturated rings. The molecule has 0 aromatic heterocycles. The van der Waals surface area contributed by atoms with Crippen LogP contribution in [0.15, 0.2) is 0 Å². The van der Waals surface area contributed by atoms with E-state index in [-0.39, 0.29) is 5.41 Å². The maximum Gasteiger partial charge on any atom is 0.397 e. The van der Waals surface area contributed by atoms with Crippen LogP contribution >= 0.6 is 0 Å². The van der Waals surface area contributed by atoms with Crippen LogP contribution in [-0.2, 0) is 14.6 Å². The van der Waals surface area contributed by atoms with Crippen LogP contribution in [0.1, 0.15) is 27.7 Å². The van der Waals surface area contributed by atoms with Gasteiger partial charge in [-0.15, -0.1) is 0 Å². The third kappa shape index (κ3) is 5.17. The van der Waals surface area contributed by atoms with Gasteiger partial charge in [0.25, 0.3) is 0 Å². The van der Waals surface area contributed by atoms with Gasteiger partial charge in [-0.25, -0.2) is 4.18 Å². The standard InChI is InChI=1S/C6H14O4S/c1-5(6(2,3)4)10-11(7,8)9/h5H,1-4H3,(H,7,8,9). The molecule has 0 aliphatic carbocycles. The van der Waals surface area contributed by atoms with Crippen molar-refractivity contribution in [2.24, 2.45) is 5.41 Å². The van der Waals surface area contributed by atoms with E-state index in [0.29, 0.717) is 0 Å². The second kappa shape index (κ2) is 3.08. The summed E-state index contributed by atoms with van der Waals surface area (Å²) in [4.78, 5) is 0. The highest BCUT2D eigenvalue weighted by atomic mass is 32.3. The van der Waals surface area contributed by atoms with Crippen molar-refractivity contribution < 1.29 is 17.2 Å². The number of hydrogen-bond donors (Lipinski definition) is 1. The summed E-state index contributed by atoms with van der Waals surface area (Å²) in [6.45, 7) is 7.06. The molecule has 5 heteroatoms. The molecule has 0 aromatic carbocycles. The molecule has 1 N–H and O–H groups in total. The number of rotatable bonds is 2. The molecule has 68 valence electrons. The number of hydrogen-bond acceptors (Lipinski definition) is 3. The fraction of sp³-hybridized carbons (Fsp3) is 1.00. The Morgan fingerprint density at radius 1 is 1.36 bits per heavy atom. The molecule has 0 aromatic rings. The lowest BCUT2D eigenvalue weighted by molar-refractivity contribution is 0.0955. The molecule has 0 radical (unpaired) electrons. The van der Waals surface area contributed by atoms with Gasteiger partial charge in [0.05, 0.1) is 6.10 Å². The first-order chi connectivity index (χ1) is 4.63. The fourth-order valence-corrected chi connectivity index (χ4v) is 0.980. The summed E-state index contributed by atoms with van der Waals surface area (Å²) >= 11 is 0. The Morgan fingerprint density at radius 2 is 1.73 bits per heavy atom. The van der Waals surface area contributed by atoms with Crippen molar-refractivity contribution >= 4 is 10.4 Å². The Hall–Kier alpha value is -0.130. The molecular formula is C6H14O4S. The average molecular weight is 182 g/mol. The minimum Gasteiger partial charge on any atom is -0.264 e. The molecule has 0 bridgehead atoms. The smallest absolute Gasteiger partial charge is 0.264 e. The zero-order valence-electron chi connectivity index (χ0n) is 7.16. The van der Waals surface area contributed by atoms with Crippen LogP contribution in [0.3, 0.4) is 0 Å². The van der Waals surface area contributed by atoms with Gasteiger partial charge in [-0.2, -0.15) is 8.42 Å². The third-order valence-electron chi connectivity index (χ3n) is 1.49. The minimum atomic E-state index is -4.31. The lowest BCUT2D eigenvalue weighted by Gasteiger charge is -2.24. The zero-order valence-corrected chi connectivity index (χ0v) is 7.97. The van der Waals surface area contributed by atoms with Gasteiger partial charge in [-0.3, -0.25) is 4.55 Å². The summed E-state index contributed by atoms with van der Waals surface area (Å²) in [7, 11) is -4.31. The molecule has 0 saturated carbocycles. The van der Waals surface area contributed by atoms with Crippen LogP contribution < -0.4 is 0 Å². The second-order valence-electron chi connectivity index (χ2n) is 3.53. The van der Waals surface area contributed by atoms with E-state index in [1.54, 1.807) is 6.92 Å². The highest BCUT2D eigenvalue weighted by Gasteiger charge is 2.25. The SMILES string of the molecule is CC(OS(=O)(=O)O)C(C)(C)C. The van der Waals surface area contributed by atoms with Crippen molar-refractivity contribution in [2.75, 3.05) is 0 Å². The maximum absolute atomic E-state index is 10.2. The molecule has 0 amide bonds. The highest BCUT2D eigenvalue weighted by Crippen LogP contribution is 2.22. The van der Waals surface area contributed by atoms with E-state index in [4.69, 9.17) is 4.55 Å². The van der Waals surface area contributed by atoms with E-state index < -0.39 is 16.5 Å². The molecular weight excluding hydrogens is 168 g/mol. The van der Waals surface area contributed by atoms with Crippen molar-refractivity contribution in [3.8, 4) is 0 Å². The van der Waals surface area contributed by atoms with Gasteiger partial charge in [0.1, 0.15) is 0 Å². The highest BCUT2D eigenvalue weighted by molar-refractivity contribution is 7.80. The molecule has 0 heterocycles. The summed E-state index contributed by atoms with van der Waals surface area (Å²) < 4.78 is 33.1. The molecule has 1 unspecified atom stereocenters. The van der Waals surface area contributed by atoms with E-state index in [0.717, 1.165) is 0 Å². The van der Waals surface area contributed by atoms with E-state index >= 15 is 0 Å². The van der Waals surface area contributed by atoms with E-state index in [1.807, 2.05) is 20.8 Å². The summed E-state index contributed by atoms with van der Waals surface area (Å²) in [6, 6.07) is 0. The van der Waals surface area contributed by atoms with E-state index in [2.05, 4.69) is 4.18 Å². The van der Waals surface area contributed by atoms with Gasteiger partial charge >= 0.3 is 10.4 Å². The predicted molar refractivity (Wildman–Crippen MR) is 41.6 cm³/mol. The molecule has 0 saturated heterocycles. The van der Waals surface area contributed by atoms with E-state index in [9.17, 15) is 8.42 Å². The Kier molecular flexibility index (Phi) is 3.05. The van der Waals surface area contributed by atoms with Gasteiger partial charge in [0.2, 0.25) is 0 Å². The summed E-state index contributed by atoms with van der Waals surface area (Å²) in [5.41, 5.74) is -0.296. The first-order valence-corrected chi connectivity index (χ1v) is 4.65. The molecule has 1 atom stereocenters. The minimum absolute atomic E-state index is 0.296. The monoisotopic (exact) mass is 182 g/mol. The van der Waals surface area contributed by atoms with Gasteiger partial charge < -0.3 is 0 Å². The van der Waals surface area contributed by atoms with Gasteiger partial charge in [-0.05, 0) is 12.3 Å². The van der Waals surface area contributed by atoms with Gasteiger partial charge in [0, 0.05) is 0 Å². The van der Waals surface area contributed by atoms with Crippen molar-refractivity contribution in [1.29, 1.82) is 0 Å². The molecule has 0 spiro atoms. The Labute approximate surface area is 67.5 Å². The Morgan fingerprint density at radius 3 is 1.82 bits per heavy atom. The summed E-state index contributed by atoms with van der Waals surface area (Å²) in [5, 5.41) is 0. The Balaban J connectivity index is 4.21. The second-order valence-corrected chi connectivity index (χ2v) is 4.58. The molecule has 0 aliphatic rings. The van der Waals surface area contributed by atoms with Gasteiger partial charge in [0.15, 0.2) is 0 Å². The largest absolute Gasteiger partial charge is 0.397 e. The molecule has 11 heavy (non-hydrogen) atoms. The van der Waals surface area contributed by atoms with Crippen LogP contribution in [0, 0.1) is 5.41 Å². The maximum atomic E-state index is 10.2. The van der Waals surface area contributed by atoms with E-state index in [1.165, 1.54) is 0 Å². The summed E-state index contributed by atoms with van der Waals surface area (Å²) in [5.74, 6) is 0. The first kappa shape index (κ1) is 10.9. The normalized spacial score (nSPS) is 16.5. The molecule has 0 aliphatic heterocycles. The average Bonchev–Trinajstić information content (AvgIpc) is 1.56. The van der Waals surface area contributed by atoms with Crippen LogP contribution in [0.5, 0.6) is 0 Å². The summed E-state index contributed by atoms with van der Waals surface area (Å²) in [6.07, 6.45) is -0.530. The van der Waals surface area contributed by atoms with Crippen LogP contribution in [-0.4, -0.2) is 19.1 Å². The van der Waals surface area contributed by atoms with Crippen LogP contribution in [0.25, 0.3) is 0 Å². The lowest BCUT2D eigenvalue weighted by atomic mass is 9.91. The molecule has 4 nitrogen and oxygen atoms in total. The Bertz CT molecular complexity index is 211. The first-order valence-electron chi connectivity index (χ1n) is 3.28. The van der Waals surface area contributed by atoms with Crippen molar-refractivity contribution in [3.05, 3.63) is 0 Å². The van der Waals surface area contributed by atoms with Crippen LogP contribution in [0.2, 0.25) is 0 Å². The lowest BCUT2D eigenvalue weighted by Crippen LogP contribution is -2.28.